The summed E-state index contributed by atoms with van der Waals surface area (Å²) >= 11 is 0. The largest absolute Gasteiger partial charge is 0.343 e. The van der Waals surface area contributed by atoms with Crippen molar-refractivity contribution in [1.29, 1.82) is 0 Å². The molecule has 1 amide bonds. The number of piperidine rings is 1. The Balaban J connectivity index is 1.63. The molecule has 0 spiro atoms. The summed E-state index contributed by atoms with van der Waals surface area (Å²) in [5.74, 6) is -1.15. The van der Waals surface area contributed by atoms with E-state index in [1.165, 1.54) is 6.07 Å². The van der Waals surface area contributed by atoms with Crippen LogP contribution in [0.25, 0.3) is 11.3 Å². The van der Waals surface area contributed by atoms with Crippen molar-refractivity contribution in [2.24, 2.45) is 5.92 Å². The monoisotopic (exact) mass is 331 g/mol. The fraction of sp³-hybridized carbons (Fsp3) is 0.389. The van der Waals surface area contributed by atoms with Crippen molar-refractivity contribution in [2.45, 2.75) is 26.2 Å². The van der Waals surface area contributed by atoms with E-state index in [1.54, 1.807) is 13.0 Å². The minimum absolute atomic E-state index is 0.129. The van der Waals surface area contributed by atoms with Gasteiger partial charge in [-0.2, -0.15) is 10.2 Å². The highest BCUT2D eigenvalue weighted by molar-refractivity contribution is 5.73. The van der Waals surface area contributed by atoms with Crippen molar-refractivity contribution in [3.05, 3.63) is 47.7 Å². The predicted octanol–water partition coefficient (Wildman–Crippen LogP) is 3.22. The second kappa shape index (κ2) is 7.03. The number of likely N-dealkylation sites (tertiary alicyclic amines) is 1. The first-order chi connectivity index (χ1) is 11.5. The first-order valence-electron chi connectivity index (χ1n) is 8.06. The molecule has 2 aromatic rings. The molecule has 4 nitrogen and oxygen atoms in total. The average Bonchev–Trinajstić information content (AvgIpc) is 2.58. The van der Waals surface area contributed by atoms with Gasteiger partial charge >= 0.3 is 0 Å². The van der Waals surface area contributed by atoms with E-state index in [-0.39, 0.29) is 5.91 Å². The van der Waals surface area contributed by atoms with Crippen molar-refractivity contribution < 1.29 is 13.6 Å². The van der Waals surface area contributed by atoms with Crippen LogP contribution in [0.4, 0.5) is 8.78 Å². The zero-order valence-electron chi connectivity index (χ0n) is 13.5. The Morgan fingerprint density at radius 2 is 1.88 bits per heavy atom. The van der Waals surface area contributed by atoms with Gasteiger partial charge in [0.1, 0.15) is 0 Å². The molecule has 0 radical (unpaired) electrons. The van der Waals surface area contributed by atoms with E-state index in [0.717, 1.165) is 50.2 Å². The summed E-state index contributed by atoms with van der Waals surface area (Å²) in [5, 5.41) is 8.33. The van der Waals surface area contributed by atoms with Gasteiger partial charge in [0.15, 0.2) is 11.6 Å². The van der Waals surface area contributed by atoms with Crippen LogP contribution >= 0.6 is 0 Å². The second-order valence-electron chi connectivity index (χ2n) is 6.19. The molecule has 24 heavy (non-hydrogen) atoms. The highest BCUT2D eigenvalue weighted by Crippen LogP contribution is 2.23. The number of halogens is 2. The van der Waals surface area contributed by atoms with Crippen LogP contribution in [-0.4, -0.2) is 34.1 Å². The number of nitrogens with zero attached hydrogens (tertiary/aromatic N) is 3. The molecule has 0 atom stereocenters. The topological polar surface area (TPSA) is 46.1 Å². The molecule has 6 heteroatoms. The number of carbonyl (C=O) groups is 1. The van der Waals surface area contributed by atoms with Gasteiger partial charge in [-0.3, -0.25) is 4.79 Å². The van der Waals surface area contributed by atoms with E-state index >= 15 is 0 Å². The molecule has 0 unspecified atom stereocenters. The fourth-order valence-corrected chi connectivity index (χ4v) is 3.03. The smallest absolute Gasteiger partial charge is 0.219 e. The van der Waals surface area contributed by atoms with Gasteiger partial charge in [0, 0.05) is 25.6 Å². The van der Waals surface area contributed by atoms with E-state index in [4.69, 9.17) is 0 Å². The molecule has 1 aromatic carbocycles. The standard InChI is InChI=1S/C18H19F2N3O/c1-12(24)23-8-6-13(7-9-23)10-15-3-5-18(22-21-15)14-2-4-16(19)17(20)11-14/h2-5,11,13H,6-10H2,1H3. The van der Waals surface area contributed by atoms with Gasteiger partial charge in [0.05, 0.1) is 11.4 Å². The average molecular weight is 331 g/mol. The second-order valence-corrected chi connectivity index (χ2v) is 6.19. The van der Waals surface area contributed by atoms with Crippen LogP contribution in [0.1, 0.15) is 25.5 Å². The molecule has 1 aliphatic rings. The Bertz CT molecular complexity index is 726. The summed E-state index contributed by atoms with van der Waals surface area (Å²) in [7, 11) is 0. The Labute approximate surface area is 139 Å². The number of carbonyl (C=O) groups excluding carboxylic acids is 1. The SMILES string of the molecule is CC(=O)N1CCC(Cc2ccc(-c3ccc(F)c(F)c3)nn2)CC1. The lowest BCUT2D eigenvalue weighted by molar-refractivity contribution is -0.130. The summed E-state index contributed by atoms with van der Waals surface area (Å²) in [6.07, 6.45) is 2.75. The number of rotatable bonds is 3. The van der Waals surface area contributed by atoms with E-state index in [9.17, 15) is 13.6 Å². The highest BCUT2D eigenvalue weighted by atomic mass is 19.2. The maximum Gasteiger partial charge on any atom is 0.219 e. The Kier molecular flexibility index (Phi) is 4.83. The van der Waals surface area contributed by atoms with Crippen LogP contribution in [0, 0.1) is 17.6 Å². The number of aromatic nitrogens is 2. The molecule has 1 aliphatic heterocycles. The maximum atomic E-state index is 13.3. The normalized spacial score (nSPS) is 15.5. The van der Waals surface area contributed by atoms with E-state index in [0.29, 0.717) is 17.2 Å². The molecule has 3 rings (SSSR count). The molecular weight excluding hydrogens is 312 g/mol. The third-order valence-corrected chi connectivity index (χ3v) is 4.49. The minimum Gasteiger partial charge on any atom is -0.343 e. The molecule has 1 fully saturated rings. The first-order valence-corrected chi connectivity index (χ1v) is 8.06. The molecule has 0 bridgehead atoms. The van der Waals surface area contributed by atoms with Crippen LogP contribution in [0.2, 0.25) is 0 Å². The minimum atomic E-state index is -0.893. The van der Waals surface area contributed by atoms with Crippen LogP contribution in [-0.2, 0) is 11.2 Å². The number of amides is 1. The number of hydrogen-bond donors (Lipinski definition) is 0. The summed E-state index contributed by atoms with van der Waals surface area (Å²) in [6, 6.07) is 7.35. The zero-order chi connectivity index (χ0) is 17.1. The summed E-state index contributed by atoms with van der Waals surface area (Å²) in [6.45, 7) is 3.18. The summed E-state index contributed by atoms with van der Waals surface area (Å²) in [4.78, 5) is 13.2. The van der Waals surface area contributed by atoms with E-state index in [2.05, 4.69) is 10.2 Å². The van der Waals surface area contributed by atoms with Gasteiger partial charge in [-0.1, -0.05) is 0 Å². The quantitative estimate of drug-likeness (QED) is 0.867. The van der Waals surface area contributed by atoms with Gasteiger partial charge in [-0.15, -0.1) is 0 Å². The summed E-state index contributed by atoms with van der Waals surface area (Å²) < 4.78 is 26.3. The molecule has 126 valence electrons. The lowest BCUT2D eigenvalue weighted by Crippen LogP contribution is -2.37. The molecular formula is C18H19F2N3O. The number of hydrogen-bond acceptors (Lipinski definition) is 3. The van der Waals surface area contributed by atoms with Gasteiger partial charge in [-0.25, -0.2) is 8.78 Å². The predicted molar refractivity (Wildman–Crippen MR) is 86.1 cm³/mol. The molecule has 0 aliphatic carbocycles. The van der Waals surface area contributed by atoms with Crippen LogP contribution in [0.5, 0.6) is 0 Å². The number of benzene rings is 1. The Morgan fingerprint density at radius 3 is 2.46 bits per heavy atom. The van der Waals surface area contributed by atoms with Crippen molar-refractivity contribution >= 4 is 5.91 Å². The van der Waals surface area contributed by atoms with Crippen LogP contribution < -0.4 is 0 Å². The summed E-state index contributed by atoms with van der Waals surface area (Å²) in [5.41, 5.74) is 1.90. The third-order valence-electron chi connectivity index (χ3n) is 4.49. The first kappa shape index (κ1) is 16.5. The maximum absolute atomic E-state index is 13.3. The van der Waals surface area contributed by atoms with Gasteiger partial charge in [0.2, 0.25) is 5.91 Å². The molecule has 0 N–H and O–H groups in total. The molecule has 1 saturated heterocycles. The van der Waals surface area contributed by atoms with Crippen molar-refractivity contribution in [3.63, 3.8) is 0 Å². The van der Waals surface area contributed by atoms with Gasteiger partial charge in [0.25, 0.3) is 0 Å². The van der Waals surface area contributed by atoms with Crippen molar-refractivity contribution in [1.82, 2.24) is 15.1 Å². The lowest BCUT2D eigenvalue weighted by atomic mass is 9.92. The lowest BCUT2D eigenvalue weighted by Gasteiger charge is -2.31. The fourth-order valence-electron chi connectivity index (χ4n) is 3.03. The van der Waals surface area contributed by atoms with Crippen molar-refractivity contribution in [2.75, 3.05) is 13.1 Å². The zero-order valence-corrected chi connectivity index (χ0v) is 13.5. The van der Waals surface area contributed by atoms with E-state index < -0.39 is 11.6 Å². The molecule has 0 saturated carbocycles. The van der Waals surface area contributed by atoms with Crippen LogP contribution in [0.15, 0.2) is 30.3 Å². The highest BCUT2D eigenvalue weighted by Gasteiger charge is 2.21. The third kappa shape index (κ3) is 3.75. The Hall–Kier alpha value is -2.37. The Morgan fingerprint density at radius 1 is 1.12 bits per heavy atom. The van der Waals surface area contributed by atoms with Crippen molar-refractivity contribution in [3.8, 4) is 11.3 Å². The van der Waals surface area contributed by atoms with E-state index in [1.807, 2.05) is 11.0 Å². The van der Waals surface area contributed by atoms with Crippen LogP contribution in [0.3, 0.4) is 0 Å². The molecule has 2 heterocycles. The van der Waals surface area contributed by atoms with Gasteiger partial charge in [-0.05, 0) is 55.5 Å². The molecule has 1 aromatic heterocycles. The van der Waals surface area contributed by atoms with Gasteiger partial charge < -0.3 is 4.90 Å².